The Labute approximate surface area is 95.7 Å². The molecule has 16 heavy (non-hydrogen) atoms. The zero-order valence-electron chi connectivity index (χ0n) is 9.43. The highest BCUT2D eigenvalue weighted by molar-refractivity contribution is 5.42. The fourth-order valence-electron chi connectivity index (χ4n) is 1.95. The molecule has 1 saturated heterocycles. The minimum Gasteiger partial charge on any atom is -0.355 e. The summed E-state index contributed by atoms with van der Waals surface area (Å²) in [5.41, 5.74) is 6.64. The predicted molar refractivity (Wildman–Crippen MR) is 62.9 cm³/mol. The predicted octanol–water partition coefficient (Wildman–Crippen LogP) is 1.13. The van der Waals surface area contributed by atoms with Gasteiger partial charge in [-0.1, -0.05) is 6.92 Å². The summed E-state index contributed by atoms with van der Waals surface area (Å²) in [7, 11) is 0. The third kappa shape index (κ3) is 2.15. The van der Waals surface area contributed by atoms with Gasteiger partial charge in [0.2, 0.25) is 0 Å². The van der Waals surface area contributed by atoms with Gasteiger partial charge in [0.1, 0.15) is 11.9 Å². The number of nitrogens with zero attached hydrogens (tertiary/aromatic N) is 3. The van der Waals surface area contributed by atoms with Crippen LogP contribution in [0.2, 0.25) is 0 Å². The maximum absolute atomic E-state index is 8.69. The van der Waals surface area contributed by atoms with Crippen LogP contribution in [0.1, 0.15) is 18.9 Å². The van der Waals surface area contributed by atoms with E-state index in [1.807, 2.05) is 6.07 Å². The van der Waals surface area contributed by atoms with Crippen LogP contribution in [-0.2, 0) is 0 Å². The van der Waals surface area contributed by atoms with E-state index in [1.165, 1.54) is 0 Å². The first kappa shape index (κ1) is 10.9. The summed E-state index contributed by atoms with van der Waals surface area (Å²) in [6, 6.07) is 5.97. The minimum absolute atomic E-state index is 0.214. The van der Waals surface area contributed by atoms with Gasteiger partial charge in [0.05, 0.1) is 5.56 Å². The molecule has 4 heteroatoms. The number of aromatic nitrogens is 1. The zero-order chi connectivity index (χ0) is 11.5. The number of hydrogen-bond acceptors (Lipinski definition) is 4. The van der Waals surface area contributed by atoms with Crippen LogP contribution in [0, 0.1) is 17.2 Å². The van der Waals surface area contributed by atoms with Crippen molar-refractivity contribution in [2.45, 2.75) is 19.4 Å². The Balaban J connectivity index is 2.10. The van der Waals surface area contributed by atoms with Crippen molar-refractivity contribution in [3.63, 3.8) is 0 Å². The molecule has 0 aliphatic carbocycles. The van der Waals surface area contributed by atoms with E-state index in [9.17, 15) is 0 Å². The van der Waals surface area contributed by atoms with Gasteiger partial charge in [-0.05, 0) is 24.5 Å². The average Bonchev–Trinajstić information content (AvgIpc) is 2.33. The summed E-state index contributed by atoms with van der Waals surface area (Å²) in [6.45, 7) is 4.03. The van der Waals surface area contributed by atoms with Gasteiger partial charge in [-0.3, -0.25) is 0 Å². The van der Waals surface area contributed by atoms with E-state index in [2.05, 4.69) is 22.9 Å². The normalized spacial score (nSPS) is 25.2. The molecule has 2 heterocycles. The Morgan fingerprint density at radius 1 is 1.56 bits per heavy atom. The Bertz CT molecular complexity index is 392. The van der Waals surface area contributed by atoms with Crippen molar-refractivity contribution in [1.82, 2.24) is 4.98 Å². The SMILES string of the molecule is CC1CCN(c2ccc(C#N)cn2)CC1N. The molecule has 1 aliphatic heterocycles. The van der Waals surface area contributed by atoms with Gasteiger partial charge in [-0.2, -0.15) is 5.26 Å². The first-order chi connectivity index (χ1) is 7.70. The van der Waals surface area contributed by atoms with Gasteiger partial charge < -0.3 is 10.6 Å². The largest absolute Gasteiger partial charge is 0.355 e. The number of nitrogens with two attached hydrogens (primary N) is 1. The zero-order valence-corrected chi connectivity index (χ0v) is 9.43. The van der Waals surface area contributed by atoms with Crippen molar-refractivity contribution in [3.05, 3.63) is 23.9 Å². The van der Waals surface area contributed by atoms with Crippen molar-refractivity contribution in [1.29, 1.82) is 5.26 Å². The highest BCUT2D eigenvalue weighted by Gasteiger charge is 2.23. The molecule has 0 amide bonds. The van der Waals surface area contributed by atoms with Gasteiger partial charge >= 0.3 is 0 Å². The average molecular weight is 216 g/mol. The molecule has 1 aliphatic rings. The van der Waals surface area contributed by atoms with E-state index in [-0.39, 0.29) is 6.04 Å². The number of nitriles is 1. The van der Waals surface area contributed by atoms with Gasteiger partial charge in [0, 0.05) is 25.3 Å². The Hall–Kier alpha value is -1.60. The minimum atomic E-state index is 0.214. The molecular weight excluding hydrogens is 200 g/mol. The molecule has 84 valence electrons. The number of pyridine rings is 1. The third-order valence-corrected chi connectivity index (χ3v) is 3.22. The molecular formula is C12H16N4. The van der Waals surface area contributed by atoms with E-state index in [4.69, 9.17) is 11.0 Å². The lowest BCUT2D eigenvalue weighted by molar-refractivity contribution is 0.378. The third-order valence-electron chi connectivity index (χ3n) is 3.22. The number of piperidine rings is 1. The summed E-state index contributed by atoms with van der Waals surface area (Å²) >= 11 is 0. The first-order valence-electron chi connectivity index (χ1n) is 5.57. The monoisotopic (exact) mass is 216 g/mol. The molecule has 2 atom stereocenters. The second-order valence-electron chi connectivity index (χ2n) is 4.39. The maximum atomic E-state index is 8.69. The van der Waals surface area contributed by atoms with Crippen LogP contribution in [0.3, 0.4) is 0 Å². The van der Waals surface area contributed by atoms with Crippen LogP contribution >= 0.6 is 0 Å². The molecule has 2 rings (SSSR count). The summed E-state index contributed by atoms with van der Waals surface area (Å²) < 4.78 is 0. The van der Waals surface area contributed by atoms with Gasteiger partial charge in [0.25, 0.3) is 0 Å². The topological polar surface area (TPSA) is 65.9 Å². The van der Waals surface area contributed by atoms with Crippen molar-refractivity contribution in [2.75, 3.05) is 18.0 Å². The molecule has 2 unspecified atom stereocenters. The molecule has 0 spiro atoms. The number of anilines is 1. The van der Waals surface area contributed by atoms with Crippen LogP contribution < -0.4 is 10.6 Å². The van der Waals surface area contributed by atoms with Crippen molar-refractivity contribution >= 4 is 5.82 Å². The van der Waals surface area contributed by atoms with Crippen LogP contribution in [0.4, 0.5) is 5.82 Å². The van der Waals surface area contributed by atoms with Crippen LogP contribution in [0.15, 0.2) is 18.3 Å². The van der Waals surface area contributed by atoms with E-state index in [0.29, 0.717) is 11.5 Å². The molecule has 0 aromatic carbocycles. The Morgan fingerprint density at radius 3 is 2.94 bits per heavy atom. The second-order valence-corrected chi connectivity index (χ2v) is 4.39. The summed E-state index contributed by atoms with van der Waals surface area (Å²) in [6.07, 6.45) is 2.71. The van der Waals surface area contributed by atoms with Gasteiger partial charge in [-0.25, -0.2) is 4.98 Å². The standard InChI is InChI=1S/C12H16N4/c1-9-4-5-16(8-11(9)14)12-3-2-10(6-13)7-15-12/h2-3,7,9,11H,4-5,8,14H2,1H3. The van der Waals surface area contributed by atoms with Crippen molar-refractivity contribution < 1.29 is 0 Å². The number of rotatable bonds is 1. The highest BCUT2D eigenvalue weighted by atomic mass is 15.2. The maximum Gasteiger partial charge on any atom is 0.128 e. The lowest BCUT2D eigenvalue weighted by atomic mass is 9.94. The summed E-state index contributed by atoms with van der Waals surface area (Å²) in [5, 5.41) is 8.69. The molecule has 0 radical (unpaired) electrons. The smallest absolute Gasteiger partial charge is 0.128 e. The molecule has 4 nitrogen and oxygen atoms in total. The highest BCUT2D eigenvalue weighted by Crippen LogP contribution is 2.20. The fraction of sp³-hybridized carbons (Fsp3) is 0.500. The molecule has 1 aromatic rings. The first-order valence-corrected chi connectivity index (χ1v) is 5.57. The van der Waals surface area contributed by atoms with Gasteiger partial charge in [-0.15, -0.1) is 0 Å². The van der Waals surface area contributed by atoms with Crippen LogP contribution in [0.5, 0.6) is 0 Å². The number of hydrogen-bond donors (Lipinski definition) is 1. The summed E-state index contributed by atoms with van der Waals surface area (Å²) in [4.78, 5) is 6.47. The van der Waals surface area contributed by atoms with Crippen LogP contribution in [-0.4, -0.2) is 24.1 Å². The lowest BCUT2D eigenvalue weighted by Crippen LogP contribution is -2.47. The van der Waals surface area contributed by atoms with Crippen molar-refractivity contribution in [3.8, 4) is 6.07 Å². The molecule has 0 saturated carbocycles. The quantitative estimate of drug-likeness (QED) is 0.764. The summed E-state index contributed by atoms with van der Waals surface area (Å²) in [5.74, 6) is 1.50. The van der Waals surface area contributed by atoms with Crippen LogP contribution in [0.25, 0.3) is 0 Å². The van der Waals surface area contributed by atoms with E-state index < -0.39 is 0 Å². The molecule has 2 N–H and O–H groups in total. The molecule has 1 aromatic heterocycles. The van der Waals surface area contributed by atoms with Gasteiger partial charge in [0.15, 0.2) is 0 Å². The van der Waals surface area contributed by atoms with E-state index >= 15 is 0 Å². The Kier molecular flexibility index (Phi) is 3.07. The van der Waals surface area contributed by atoms with E-state index in [1.54, 1.807) is 12.3 Å². The second kappa shape index (κ2) is 4.50. The Morgan fingerprint density at radius 2 is 2.38 bits per heavy atom. The van der Waals surface area contributed by atoms with E-state index in [0.717, 1.165) is 25.3 Å². The lowest BCUT2D eigenvalue weighted by Gasteiger charge is -2.35. The molecule has 1 fully saturated rings. The van der Waals surface area contributed by atoms with Crippen molar-refractivity contribution in [2.24, 2.45) is 11.7 Å². The molecule has 0 bridgehead atoms. The fourth-order valence-corrected chi connectivity index (χ4v) is 1.95.